The fourth-order valence-corrected chi connectivity index (χ4v) is 4.76. The predicted octanol–water partition coefficient (Wildman–Crippen LogP) is 6.48. The molecule has 6 heteroatoms. The van der Waals surface area contributed by atoms with Crippen molar-refractivity contribution in [1.29, 1.82) is 0 Å². The van der Waals surface area contributed by atoms with Gasteiger partial charge in [0, 0.05) is 32.0 Å². The van der Waals surface area contributed by atoms with Crippen molar-refractivity contribution >= 4 is 49.3 Å². The van der Waals surface area contributed by atoms with Crippen LogP contribution in [0.15, 0.2) is 47.1 Å². The van der Waals surface area contributed by atoms with Crippen molar-refractivity contribution in [3.63, 3.8) is 0 Å². The van der Waals surface area contributed by atoms with E-state index >= 15 is 0 Å². The molecule has 4 nitrogen and oxygen atoms in total. The van der Waals surface area contributed by atoms with Crippen molar-refractivity contribution in [1.82, 2.24) is 9.97 Å². The van der Waals surface area contributed by atoms with Crippen molar-refractivity contribution in [2.24, 2.45) is 5.73 Å². The number of nitrogens with one attached hydrogen (secondary N) is 1. The van der Waals surface area contributed by atoms with Gasteiger partial charge in [0.2, 0.25) is 0 Å². The molecule has 4 rings (SSSR count). The second kappa shape index (κ2) is 8.74. The van der Waals surface area contributed by atoms with Crippen molar-refractivity contribution in [3.8, 4) is 17.0 Å². The molecule has 0 fully saturated rings. The van der Waals surface area contributed by atoms with Crippen molar-refractivity contribution in [3.05, 3.63) is 57.7 Å². The van der Waals surface area contributed by atoms with Crippen LogP contribution in [0.25, 0.3) is 33.1 Å². The van der Waals surface area contributed by atoms with E-state index in [1.165, 1.54) is 5.56 Å². The second-order valence-electron chi connectivity index (χ2n) is 6.98. The van der Waals surface area contributed by atoms with E-state index in [-0.39, 0.29) is 0 Å². The zero-order chi connectivity index (χ0) is 20.4. The Morgan fingerprint density at radius 1 is 1.17 bits per heavy atom. The standard InChI is InChI=1S/C23H23BrClN3O/c1-2-29-20-9-8-17(15-7-5-11-27-23(15)20)21-16(6-3-4-10-26)18-12-14(25)13-19(24)22(18)28-21/h5,7-9,11-13,28H,2-4,6,10,26H2,1H3. The van der Waals surface area contributed by atoms with Crippen LogP contribution >= 0.6 is 27.5 Å². The monoisotopic (exact) mass is 471 g/mol. The van der Waals surface area contributed by atoms with Crippen molar-refractivity contribution in [2.45, 2.75) is 26.2 Å². The first-order valence-electron chi connectivity index (χ1n) is 9.84. The van der Waals surface area contributed by atoms with Crippen LogP contribution in [0, 0.1) is 0 Å². The fourth-order valence-electron chi connectivity index (χ4n) is 3.85. The van der Waals surface area contributed by atoms with Gasteiger partial charge in [0.25, 0.3) is 0 Å². The molecule has 0 saturated heterocycles. The van der Waals surface area contributed by atoms with Gasteiger partial charge in [-0.05, 0) is 84.6 Å². The maximum atomic E-state index is 6.37. The fraction of sp³-hybridized carbons (Fsp3) is 0.261. The summed E-state index contributed by atoms with van der Waals surface area (Å²) in [5.41, 5.74) is 11.1. The Kier molecular flexibility index (Phi) is 6.09. The molecule has 0 aliphatic carbocycles. The minimum absolute atomic E-state index is 0.604. The Morgan fingerprint density at radius 2 is 2.03 bits per heavy atom. The molecule has 0 spiro atoms. The molecule has 0 bridgehead atoms. The van der Waals surface area contributed by atoms with E-state index in [1.807, 2.05) is 31.2 Å². The third kappa shape index (κ3) is 3.87. The van der Waals surface area contributed by atoms with Gasteiger partial charge in [0.05, 0.1) is 17.8 Å². The number of rotatable bonds is 7. The van der Waals surface area contributed by atoms with Crippen LogP contribution in [0.5, 0.6) is 5.75 Å². The highest BCUT2D eigenvalue weighted by Gasteiger charge is 2.18. The second-order valence-corrected chi connectivity index (χ2v) is 8.27. The van der Waals surface area contributed by atoms with Gasteiger partial charge < -0.3 is 15.5 Å². The van der Waals surface area contributed by atoms with Crippen LogP contribution in [0.1, 0.15) is 25.3 Å². The summed E-state index contributed by atoms with van der Waals surface area (Å²) in [6.07, 6.45) is 4.74. The van der Waals surface area contributed by atoms with Crippen molar-refractivity contribution in [2.75, 3.05) is 13.2 Å². The highest BCUT2D eigenvalue weighted by molar-refractivity contribution is 9.10. The number of halogens is 2. The number of unbranched alkanes of at least 4 members (excludes halogenated alkanes) is 1. The summed E-state index contributed by atoms with van der Waals surface area (Å²) in [4.78, 5) is 8.23. The first-order valence-corrected chi connectivity index (χ1v) is 11.0. The summed E-state index contributed by atoms with van der Waals surface area (Å²) in [5.74, 6) is 0.803. The molecular formula is C23H23BrClN3O. The minimum Gasteiger partial charge on any atom is -0.492 e. The molecule has 0 radical (unpaired) electrons. The lowest BCUT2D eigenvalue weighted by Gasteiger charge is -2.12. The minimum atomic E-state index is 0.604. The van der Waals surface area contributed by atoms with E-state index in [2.05, 4.69) is 38.0 Å². The first-order chi connectivity index (χ1) is 14.1. The SMILES string of the molecule is CCOc1ccc(-c2[nH]c3c(Br)cc(Cl)cc3c2CCCCN)c2cccnc12. The van der Waals surface area contributed by atoms with Gasteiger partial charge >= 0.3 is 0 Å². The number of ether oxygens (including phenoxy) is 1. The maximum Gasteiger partial charge on any atom is 0.145 e. The number of nitrogens with two attached hydrogens (primary N) is 1. The van der Waals surface area contributed by atoms with Gasteiger partial charge in [-0.2, -0.15) is 0 Å². The molecule has 0 unspecified atom stereocenters. The zero-order valence-electron chi connectivity index (χ0n) is 16.3. The summed E-state index contributed by atoms with van der Waals surface area (Å²) in [6, 6.07) is 12.1. The molecule has 3 N–H and O–H groups in total. The molecule has 0 aliphatic heterocycles. The molecule has 2 aromatic carbocycles. The van der Waals surface area contributed by atoms with Crippen LogP contribution < -0.4 is 10.5 Å². The third-order valence-electron chi connectivity index (χ3n) is 5.11. The number of aromatic amines is 1. The van der Waals surface area contributed by atoms with Crippen LogP contribution in [-0.2, 0) is 6.42 Å². The van der Waals surface area contributed by atoms with E-state index in [1.54, 1.807) is 6.20 Å². The van der Waals surface area contributed by atoms with E-state index in [9.17, 15) is 0 Å². The quantitative estimate of drug-likeness (QED) is 0.303. The summed E-state index contributed by atoms with van der Waals surface area (Å²) in [5, 5.41) is 2.92. The van der Waals surface area contributed by atoms with E-state index in [0.29, 0.717) is 18.2 Å². The molecular weight excluding hydrogens is 450 g/mol. The van der Waals surface area contributed by atoms with Gasteiger partial charge in [0.15, 0.2) is 0 Å². The Bertz CT molecular complexity index is 1170. The molecule has 0 aliphatic rings. The molecule has 150 valence electrons. The molecule has 0 amide bonds. The molecule has 29 heavy (non-hydrogen) atoms. The number of aromatic nitrogens is 2. The third-order valence-corrected chi connectivity index (χ3v) is 5.96. The summed E-state index contributed by atoms with van der Waals surface area (Å²) >= 11 is 10.0. The summed E-state index contributed by atoms with van der Waals surface area (Å²) in [7, 11) is 0. The maximum absolute atomic E-state index is 6.37. The largest absolute Gasteiger partial charge is 0.492 e. The number of hydrogen-bond acceptors (Lipinski definition) is 3. The van der Waals surface area contributed by atoms with Gasteiger partial charge in [-0.15, -0.1) is 0 Å². The van der Waals surface area contributed by atoms with Crippen LogP contribution in [0.4, 0.5) is 0 Å². The van der Waals surface area contributed by atoms with Gasteiger partial charge in [-0.1, -0.05) is 17.7 Å². The lowest BCUT2D eigenvalue weighted by molar-refractivity contribution is 0.343. The zero-order valence-corrected chi connectivity index (χ0v) is 18.6. The Hall–Kier alpha value is -2.08. The Balaban J connectivity index is 1.97. The topological polar surface area (TPSA) is 63.9 Å². The molecule has 0 saturated carbocycles. The number of fused-ring (bicyclic) bond motifs is 2. The smallest absolute Gasteiger partial charge is 0.145 e. The van der Waals surface area contributed by atoms with Crippen molar-refractivity contribution < 1.29 is 4.74 Å². The number of pyridine rings is 1. The normalized spacial score (nSPS) is 11.4. The average Bonchev–Trinajstić information content (AvgIpc) is 3.07. The molecule has 2 aromatic heterocycles. The van der Waals surface area contributed by atoms with E-state index in [0.717, 1.165) is 62.5 Å². The van der Waals surface area contributed by atoms with Crippen LogP contribution in [0.2, 0.25) is 5.02 Å². The number of nitrogens with zero attached hydrogens (tertiary/aromatic N) is 1. The van der Waals surface area contributed by atoms with Gasteiger partial charge in [-0.25, -0.2) is 0 Å². The summed E-state index contributed by atoms with van der Waals surface area (Å²) in [6.45, 7) is 3.28. The number of H-pyrrole nitrogens is 1. The Labute approximate surface area is 183 Å². The van der Waals surface area contributed by atoms with E-state index in [4.69, 9.17) is 22.1 Å². The van der Waals surface area contributed by atoms with Crippen LogP contribution in [-0.4, -0.2) is 23.1 Å². The molecule has 4 aromatic rings. The first kappa shape index (κ1) is 20.2. The molecule has 2 heterocycles. The Morgan fingerprint density at radius 3 is 2.83 bits per heavy atom. The highest BCUT2D eigenvalue weighted by Crippen LogP contribution is 2.40. The average molecular weight is 473 g/mol. The number of hydrogen-bond donors (Lipinski definition) is 2. The van der Waals surface area contributed by atoms with Gasteiger partial charge in [0.1, 0.15) is 11.3 Å². The van der Waals surface area contributed by atoms with Gasteiger partial charge in [-0.3, -0.25) is 4.98 Å². The lowest BCUT2D eigenvalue weighted by Crippen LogP contribution is -1.99. The summed E-state index contributed by atoms with van der Waals surface area (Å²) < 4.78 is 6.76. The number of benzene rings is 2. The lowest BCUT2D eigenvalue weighted by atomic mass is 9.97. The highest BCUT2D eigenvalue weighted by atomic mass is 79.9. The molecule has 0 atom stereocenters. The predicted molar refractivity (Wildman–Crippen MR) is 125 cm³/mol. The van der Waals surface area contributed by atoms with E-state index < -0.39 is 0 Å². The van der Waals surface area contributed by atoms with Crippen LogP contribution in [0.3, 0.4) is 0 Å². The number of aryl methyl sites for hydroxylation is 1.